The molecule has 0 saturated carbocycles. The molecule has 1 saturated heterocycles. The monoisotopic (exact) mass is 294 g/mol. The second-order valence-corrected chi connectivity index (χ2v) is 5.47. The van der Waals surface area contributed by atoms with Gasteiger partial charge >= 0.3 is 0 Å². The molecule has 0 aliphatic carbocycles. The number of hydrogen-bond acceptors (Lipinski definition) is 3. The van der Waals surface area contributed by atoms with Crippen LogP contribution in [-0.2, 0) is 4.79 Å². The number of halogens is 1. The fourth-order valence-electron chi connectivity index (χ4n) is 2.55. The van der Waals surface area contributed by atoms with Crippen molar-refractivity contribution >= 4 is 5.91 Å². The number of piperidine rings is 1. The summed E-state index contributed by atoms with van der Waals surface area (Å²) in [6.07, 6.45) is 3.12. The van der Waals surface area contributed by atoms with Crippen LogP contribution in [0.25, 0.3) is 0 Å². The summed E-state index contributed by atoms with van der Waals surface area (Å²) in [5, 5.41) is 0. The first-order chi connectivity index (χ1) is 10.2. The van der Waals surface area contributed by atoms with E-state index in [0.29, 0.717) is 37.7 Å². The second kappa shape index (κ2) is 7.98. The van der Waals surface area contributed by atoms with Crippen LogP contribution in [0.5, 0.6) is 5.75 Å². The molecule has 1 aromatic carbocycles. The standard InChI is InChI=1S/C16H23FN2O2/c17-14-3-1-4-15(11-14)21-10-2-5-16(20)19-8-6-13(12-18)7-9-19/h1,3-4,11,13H,2,5-10,12,18H2. The molecule has 0 radical (unpaired) electrons. The van der Waals surface area contributed by atoms with Crippen molar-refractivity contribution in [3.05, 3.63) is 30.1 Å². The lowest BCUT2D eigenvalue weighted by Gasteiger charge is -2.31. The Bertz CT molecular complexity index is 459. The average Bonchev–Trinajstić information content (AvgIpc) is 2.51. The van der Waals surface area contributed by atoms with Crippen molar-refractivity contribution in [3.63, 3.8) is 0 Å². The van der Waals surface area contributed by atoms with Gasteiger partial charge in [-0.2, -0.15) is 0 Å². The van der Waals surface area contributed by atoms with Crippen molar-refractivity contribution in [2.75, 3.05) is 26.2 Å². The molecular formula is C16H23FN2O2. The number of ether oxygens (including phenoxy) is 1. The maximum absolute atomic E-state index is 13.0. The summed E-state index contributed by atoms with van der Waals surface area (Å²) >= 11 is 0. The van der Waals surface area contributed by atoms with Gasteiger partial charge in [0.1, 0.15) is 11.6 Å². The Morgan fingerprint density at radius 1 is 1.38 bits per heavy atom. The molecule has 1 aromatic rings. The molecule has 0 unspecified atom stereocenters. The fourth-order valence-corrected chi connectivity index (χ4v) is 2.55. The van der Waals surface area contributed by atoms with Crippen molar-refractivity contribution < 1.29 is 13.9 Å². The van der Waals surface area contributed by atoms with Gasteiger partial charge in [0.15, 0.2) is 0 Å². The van der Waals surface area contributed by atoms with Gasteiger partial charge in [0, 0.05) is 25.6 Å². The van der Waals surface area contributed by atoms with Crippen LogP contribution in [-0.4, -0.2) is 37.0 Å². The normalized spacial score (nSPS) is 16.0. The lowest BCUT2D eigenvalue weighted by molar-refractivity contribution is -0.132. The van der Waals surface area contributed by atoms with E-state index in [9.17, 15) is 9.18 Å². The van der Waals surface area contributed by atoms with Gasteiger partial charge in [0.2, 0.25) is 5.91 Å². The third-order valence-corrected chi connectivity index (χ3v) is 3.90. The highest BCUT2D eigenvalue weighted by Gasteiger charge is 2.21. The zero-order valence-electron chi connectivity index (χ0n) is 12.3. The van der Waals surface area contributed by atoms with Crippen LogP contribution >= 0.6 is 0 Å². The number of carbonyl (C=O) groups is 1. The highest BCUT2D eigenvalue weighted by atomic mass is 19.1. The first-order valence-electron chi connectivity index (χ1n) is 7.55. The number of rotatable bonds is 6. The molecular weight excluding hydrogens is 271 g/mol. The number of benzene rings is 1. The quantitative estimate of drug-likeness (QED) is 0.818. The first-order valence-corrected chi connectivity index (χ1v) is 7.55. The summed E-state index contributed by atoms with van der Waals surface area (Å²) in [5.41, 5.74) is 5.64. The second-order valence-electron chi connectivity index (χ2n) is 5.47. The minimum Gasteiger partial charge on any atom is -0.493 e. The molecule has 2 N–H and O–H groups in total. The van der Waals surface area contributed by atoms with E-state index in [1.165, 1.54) is 12.1 Å². The van der Waals surface area contributed by atoms with Gasteiger partial charge in [0.25, 0.3) is 0 Å². The van der Waals surface area contributed by atoms with Crippen molar-refractivity contribution in [3.8, 4) is 5.75 Å². The van der Waals surface area contributed by atoms with E-state index in [4.69, 9.17) is 10.5 Å². The predicted molar refractivity (Wildman–Crippen MR) is 79.5 cm³/mol. The summed E-state index contributed by atoms with van der Waals surface area (Å²) in [6, 6.07) is 6.04. The number of amides is 1. The predicted octanol–water partition coefficient (Wildman–Crippen LogP) is 2.18. The lowest BCUT2D eigenvalue weighted by Crippen LogP contribution is -2.40. The highest BCUT2D eigenvalue weighted by molar-refractivity contribution is 5.76. The van der Waals surface area contributed by atoms with Gasteiger partial charge in [-0.25, -0.2) is 4.39 Å². The minimum absolute atomic E-state index is 0.174. The molecule has 1 amide bonds. The summed E-state index contributed by atoms with van der Waals surface area (Å²) in [7, 11) is 0. The molecule has 0 bridgehead atoms. The summed E-state index contributed by atoms with van der Waals surface area (Å²) in [6.45, 7) is 2.76. The highest BCUT2D eigenvalue weighted by Crippen LogP contribution is 2.17. The largest absolute Gasteiger partial charge is 0.493 e. The number of likely N-dealkylation sites (tertiary alicyclic amines) is 1. The van der Waals surface area contributed by atoms with Crippen LogP contribution in [0.4, 0.5) is 4.39 Å². The van der Waals surface area contributed by atoms with Crippen LogP contribution in [0.3, 0.4) is 0 Å². The van der Waals surface area contributed by atoms with Crippen LogP contribution in [0.1, 0.15) is 25.7 Å². The molecule has 1 aliphatic rings. The Morgan fingerprint density at radius 2 is 2.14 bits per heavy atom. The first kappa shape index (κ1) is 15.8. The maximum Gasteiger partial charge on any atom is 0.222 e. The minimum atomic E-state index is -0.314. The lowest BCUT2D eigenvalue weighted by atomic mass is 9.97. The van der Waals surface area contributed by atoms with Crippen molar-refractivity contribution in [1.29, 1.82) is 0 Å². The third-order valence-electron chi connectivity index (χ3n) is 3.90. The average molecular weight is 294 g/mol. The van der Waals surface area contributed by atoms with Crippen LogP contribution in [0, 0.1) is 11.7 Å². The Morgan fingerprint density at radius 3 is 2.81 bits per heavy atom. The molecule has 0 atom stereocenters. The van der Waals surface area contributed by atoms with E-state index in [-0.39, 0.29) is 11.7 Å². The smallest absolute Gasteiger partial charge is 0.222 e. The molecule has 2 rings (SSSR count). The van der Waals surface area contributed by atoms with E-state index in [1.54, 1.807) is 12.1 Å². The number of carbonyl (C=O) groups excluding carboxylic acids is 1. The zero-order chi connectivity index (χ0) is 15.1. The number of nitrogens with zero attached hydrogens (tertiary/aromatic N) is 1. The van der Waals surface area contributed by atoms with Crippen LogP contribution in [0.2, 0.25) is 0 Å². The molecule has 0 aromatic heterocycles. The zero-order valence-corrected chi connectivity index (χ0v) is 12.3. The van der Waals surface area contributed by atoms with E-state index in [1.807, 2.05) is 4.90 Å². The van der Waals surface area contributed by atoms with E-state index < -0.39 is 0 Å². The summed E-state index contributed by atoms with van der Waals surface area (Å²) < 4.78 is 18.4. The van der Waals surface area contributed by atoms with E-state index in [2.05, 4.69) is 0 Å². The fraction of sp³-hybridized carbons (Fsp3) is 0.562. The molecule has 21 heavy (non-hydrogen) atoms. The van der Waals surface area contributed by atoms with Crippen molar-refractivity contribution in [1.82, 2.24) is 4.90 Å². The van der Waals surface area contributed by atoms with Gasteiger partial charge in [-0.1, -0.05) is 6.07 Å². The van der Waals surface area contributed by atoms with Gasteiger partial charge in [-0.05, 0) is 43.9 Å². The topological polar surface area (TPSA) is 55.6 Å². The van der Waals surface area contributed by atoms with Crippen molar-refractivity contribution in [2.45, 2.75) is 25.7 Å². The Kier molecular flexibility index (Phi) is 5.99. The molecule has 1 heterocycles. The Hall–Kier alpha value is -1.62. The van der Waals surface area contributed by atoms with E-state index >= 15 is 0 Å². The third kappa shape index (κ3) is 5.01. The summed E-state index contributed by atoms with van der Waals surface area (Å²) in [5.74, 6) is 0.927. The number of hydrogen-bond donors (Lipinski definition) is 1. The van der Waals surface area contributed by atoms with Gasteiger partial charge in [-0.15, -0.1) is 0 Å². The maximum atomic E-state index is 13.0. The molecule has 0 spiro atoms. The van der Waals surface area contributed by atoms with Crippen LogP contribution in [0.15, 0.2) is 24.3 Å². The Balaban J connectivity index is 1.63. The van der Waals surface area contributed by atoms with Crippen LogP contribution < -0.4 is 10.5 Å². The van der Waals surface area contributed by atoms with E-state index in [0.717, 1.165) is 25.9 Å². The number of nitrogens with two attached hydrogens (primary N) is 1. The summed E-state index contributed by atoms with van der Waals surface area (Å²) in [4.78, 5) is 13.9. The molecule has 1 aliphatic heterocycles. The van der Waals surface area contributed by atoms with Gasteiger partial charge in [-0.3, -0.25) is 4.79 Å². The Labute approximate surface area is 125 Å². The van der Waals surface area contributed by atoms with Gasteiger partial charge < -0.3 is 15.4 Å². The van der Waals surface area contributed by atoms with Gasteiger partial charge in [0.05, 0.1) is 6.61 Å². The SMILES string of the molecule is NCC1CCN(C(=O)CCCOc2cccc(F)c2)CC1. The molecule has 116 valence electrons. The molecule has 1 fully saturated rings. The molecule has 4 nitrogen and oxygen atoms in total. The molecule has 5 heteroatoms. The van der Waals surface area contributed by atoms with Crippen molar-refractivity contribution in [2.24, 2.45) is 11.7 Å².